The lowest BCUT2D eigenvalue weighted by molar-refractivity contribution is -0.126. The first-order valence-electron chi connectivity index (χ1n) is 6.59. The fourth-order valence-electron chi connectivity index (χ4n) is 2.25. The molecule has 1 aliphatic rings. The van der Waals surface area contributed by atoms with Crippen molar-refractivity contribution < 1.29 is 9.59 Å². The van der Waals surface area contributed by atoms with E-state index < -0.39 is 0 Å². The van der Waals surface area contributed by atoms with Crippen molar-refractivity contribution in [3.8, 4) is 0 Å². The van der Waals surface area contributed by atoms with Gasteiger partial charge in [0.05, 0.1) is 5.92 Å². The van der Waals surface area contributed by atoms with Crippen LogP contribution in [0.2, 0.25) is 0 Å². The average molecular weight is 298 g/mol. The molecule has 1 atom stereocenters. The van der Waals surface area contributed by atoms with Gasteiger partial charge in [0.2, 0.25) is 11.8 Å². The van der Waals surface area contributed by atoms with Crippen LogP contribution < -0.4 is 16.4 Å². The maximum atomic E-state index is 12.1. The number of carbonyl (C=O) groups excluding carboxylic acids is 2. The van der Waals surface area contributed by atoms with Gasteiger partial charge in [0.25, 0.3) is 0 Å². The molecule has 1 aliphatic heterocycles. The summed E-state index contributed by atoms with van der Waals surface area (Å²) in [7, 11) is 0. The zero-order valence-electron chi connectivity index (χ0n) is 11.2. The lowest BCUT2D eigenvalue weighted by Crippen LogP contribution is -2.35. The summed E-state index contributed by atoms with van der Waals surface area (Å²) in [6, 6.07) is 7.44. The Bertz CT molecular complexity index is 479. The Kier molecular flexibility index (Phi) is 6.48. The second-order valence-electron chi connectivity index (χ2n) is 4.68. The molecule has 110 valence electrons. The minimum Gasteiger partial charge on any atom is -0.356 e. The molecule has 0 saturated carbocycles. The number of anilines is 1. The summed E-state index contributed by atoms with van der Waals surface area (Å²) < 4.78 is 0. The van der Waals surface area contributed by atoms with E-state index in [0.29, 0.717) is 13.1 Å². The fourth-order valence-corrected chi connectivity index (χ4v) is 2.25. The van der Waals surface area contributed by atoms with E-state index in [1.165, 1.54) is 0 Å². The molecule has 0 spiro atoms. The van der Waals surface area contributed by atoms with Crippen molar-refractivity contribution in [3.63, 3.8) is 0 Å². The number of fused-ring (bicyclic) bond motifs is 1. The van der Waals surface area contributed by atoms with Gasteiger partial charge in [0, 0.05) is 18.7 Å². The van der Waals surface area contributed by atoms with Crippen molar-refractivity contribution in [1.29, 1.82) is 0 Å². The highest BCUT2D eigenvalue weighted by Crippen LogP contribution is 2.31. The average Bonchev–Trinajstić information content (AvgIpc) is 2.42. The molecule has 0 saturated heterocycles. The van der Waals surface area contributed by atoms with E-state index in [9.17, 15) is 9.59 Å². The molecule has 20 heavy (non-hydrogen) atoms. The Morgan fingerprint density at radius 2 is 2.10 bits per heavy atom. The van der Waals surface area contributed by atoms with Gasteiger partial charge < -0.3 is 16.4 Å². The number of benzene rings is 1. The van der Waals surface area contributed by atoms with E-state index in [-0.39, 0.29) is 36.6 Å². The van der Waals surface area contributed by atoms with Crippen LogP contribution in [0, 0.1) is 0 Å². The fraction of sp³-hybridized carbons (Fsp3) is 0.429. The molecular weight excluding hydrogens is 278 g/mol. The Morgan fingerprint density at radius 1 is 1.35 bits per heavy atom. The molecule has 0 bridgehead atoms. The van der Waals surface area contributed by atoms with Crippen molar-refractivity contribution in [2.75, 3.05) is 18.4 Å². The first-order valence-corrected chi connectivity index (χ1v) is 6.59. The van der Waals surface area contributed by atoms with Crippen molar-refractivity contribution in [1.82, 2.24) is 5.32 Å². The minimum absolute atomic E-state index is 0. The highest BCUT2D eigenvalue weighted by Gasteiger charge is 2.29. The van der Waals surface area contributed by atoms with Gasteiger partial charge in [-0.1, -0.05) is 18.2 Å². The molecule has 2 rings (SSSR count). The quantitative estimate of drug-likeness (QED) is 0.718. The number of rotatable bonds is 5. The molecule has 0 fully saturated rings. The lowest BCUT2D eigenvalue weighted by atomic mass is 9.90. The predicted octanol–water partition coefficient (Wildman–Crippen LogP) is 1.39. The van der Waals surface area contributed by atoms with Crippen LogP contribution >= 0.6 is 12.4 Å². The van der Waals surface area contributed by atoms with Crippen LogP contribution in [0.4, 0.5) is 5.69 Å². The molecule has 6 heteroatoms. The van der Waals surface area contributed by atoms with Gasteiger partial charge in [-0.05, 0) is 31.0 Å². The predicted molar refractivity (Wildman–Crippen MR) is 81.0 cm³/mol. The number of unbranched alkanes of at least 4 members (excludes halogenated alkanes) is 1. The number of para-hydroxylation sites is 1. The smallest absolute Gasteiger partial charge is 0.228 e. The Labute approximate surface area is 124 Å². The van der Waals surface area contributed by atoms with Gasteiger partial charge in [-0.3, -0.25) is 9.59 Å². The Balaban J connectivity index is 0.00000200. The van der Waals surface area contributed by atoms with Crippen molar-refractivity contribution in [3.05, 3.63) is 29.8 Å². The highest BCUT2D eigenvalue weighted by atomic mass is 35.5. The van der Waals surface area contributed by atoms with Crippen LogP contribution in [0.25, 0.3) is 0 Å². The zero-order valence-corrected chi connectivity index (χ0v) is 12.0. The molecule has 1 aromatic rings. The molecule has 4 N–H and O–H groups in total. The molecule has 1 unspecified atom stereocenters. The van der Waals surface area contributed by atoms with E-state index >= 15 is 0 Å². The molecule has 0 aromatic heterocycles. The normalized spacial score (nSPS) is 16.6. The SMILES string of the molecule is Cl.NCCCCNC(=O)C1CC(=O)Nc2ccccc21. The van der Waals surface area contributed by atoms with Crippen LogP contribution in [0.3, 0.4) is 0 Å². The van der Waals surface area contributed by atoms with Gasteiger partial charge >= 0.3 is 0 Å². The second kappa shape index (κ2) is 7.87. The molecule has 1 aromatic carbocycles. The monoisotopic (exact) mass is 297 g/mol. The van der Waals surface area contributed by atoms with Crippen molar-refractivity contribution in [2.45, 2.75) is 25.2 Å². The number of carbonyl (C=O) groups is 2. The number of amides is 2. The van der Waals surface area contributed by atoms with Crippen LogP contribution in [-0.2, 0) is 9.59 Å². The topological polar surface area (TPSA) is 84.2 Å². The summed E-state index contributed by atoms with van der Waals surface area (Å²) in [5.74, 6) is -0.581. The van der Waals surface area contributed by atoms with E-state index in [0.717, 1.165) is 24.1 Å². The van der Waals surface area contributed by atoms with Crippen LogP contribution in [0.15, 0.2) is 24.3 Å². The van der Waals surface area contributed by atoms with Crippen molar-refractivity contribution >= 4 is 29.9 Å². The summed E-state index contributed by atoms with van der Waals surface area (Å²) in [6.45, 7) is 1.24. The van der Waals surface area contributed by atoms with Crippen LogP contribution in [0.5, 0.6) is 0 Å². The largest absolute Gasteiger partial charge is 0.356 e. The Morgan fingerprint density at radius 3 is 2.85 bits per heavy atom. The molecule has 5 nitrogen and oxygen atoms in total. The summed E-state index contributed by atoms with van der Waals surface area (Å²) in [6.07, 6.45) is 1.96. The first-order chi connectivity index (χ1) is 9.22. The zero-order chi connectivity index (χ0) is 13.7. The molecule has 2 amide bonds. The third-order valence-electron chi connectivity index (χ3n) is 3.25. The first kappa shape index (κ1) is 16.5. The summed E-state index contributed by atoms with van der Waals surface area (Å²) in [5.41, 5.74) is 7.03. The summed E-state index contributed by atoms with van der Waals surface area (Å²) in [5, 5.41) is 5.66. The Hall–Kier alpha value is -1.59. The number of hydrogen-bond donors (Lipinski definition) is 3. The van der Waals surface area contributed by atoms with Gasteiger partial charge in [-0.2, -0.15) is 0 Å². The lowest BCUT2D eigenvalue weighted by Gasteiger charge is -2.24. The van der Waals surface area contributed by atoms with Gasteiger partial charge in [0.1, 0.15) is 0 Å². The maximum absolute atomic E-state index is 12.1. The molecule has 0 aliphatic carbocycles. The van der Waals surface area contributed by atoms with Crippen molar-refractivity contribution in [2.24, 2.45) is 5.73 Å². The molecule has 0 radical (unpaired) electrons. The second-order valence-corrected chi connectivity index (χ2v) is 4.68. The number of halogens is 1. The molecular formula is C14H20ClN3O2. The summed E-state index contributed by atoms with van der Waals surface area (Å²) in [4.78, 5) is 23.8. The van der Waals surface area contributed by atoms with E-state index in [1.807, 2.05) is 24.3 Å². The number of hydrogen-bond acceptors (Lipinski definition) is 3. The highest BCUT2D eigenvalue weighted by molar-refractivity contribution is 6.01. The molecule has 1 heterocycles. The number of nitrogens with two attached hydrogens (primary N) is 1. The minimum atomic E-state index is -0.386. The number of nitrogens with one attached hydrogen (secondary N) is 2. The third kappa shape index (κ3) is 3.95. The van der Waals surface area contributed by atoms with Gasteiger partial charge in [0.15, 0.2) is 0 Å². The van der Waals surface area contributed by atoms with Crippen LogP contribution in [0.1, 0.15) is 30.7 Å². The summed E-state index contributed by atoms with van der Waals surface area (Å²) >= 11 is 0. The van der Waals surface area contributed by atoms with E-state index in [2.05, 4.69) is 10.6 Å². The van der Waals surface area contributed by atoms with Gasteiger partial charge in [-0.15, -0.1) is 12.4 Å². The van der Waals surface area contributed by atoms with E-state index in [4.69, 9.17) is 5.73 Å². The van der Waals surface area contributed by atoms with Gasteiger partial charge in [-0.25, -0.2) is 0 Å². The van der Waals surface area contributed by atoms with E-state index in [1.54, 1.807) is 0 Å². The van der Waals surface area contributed by atoms with Crippen LogP contribution in [-0.4, -0.2) is 24.9 Å². The standard InChI is InChI=1S/C14H19N3O2.ClH/c15-7-3-4-8-16-14(19)11-9-13(18)17-12-6-2-1-5-10(11)12;/h1-2,5-6,11H,3-4,7-9,15H2,(H,16,19)(H,17,18);1H. The third-order valence-corrected chi connectivity index (χ3v) is 3.25. The maximum Gasteiger partial charge on any atom is 0.228 e.